The molecule has 0 unspecified atom stereocenters. The predicted molar refractivity (Wildman–Crippen MR) is 65.9 cm³/mol. The van der Waals surface area contributed by atoms with Crippen molar-refractivity contribution in [3.8, 4) is 0 Å². The maximum atomic E-state index is 12.2. The van der Waals surface area contributed by atoms with Gasteiger partial charge in [0.1, 0.15) is 0 Å². The molecule has 1 aliphatic carbocycles. The first-order valence-electron chi connectivity index (χ1n) is 5.75. The third-order valence-electron chi connectivity index (χ3n) is 2.98. The second-order valence-corrected chi connectivity index (χ2v) is 4.38. The number of carbonyl (C=O) groups is 1. The number of allylic oxidation sites excluding steroid dienone is 6. The molecular formula is C14H17NO. The van der Waals surface area contributed by atoms with Crippen molar-refractivity contribution < 1.29 is 4.79 Å². The third kappa shape index (κ3) is 2.01. The number of nitrogens with zero attached hydrogens (tertiary/aromatic N) is 1. The van der Waals surface area contributed by atoms with Gasteiger partial charge in [0, 0.05) is 18.2 Å². The summed E-state index contributed by atoms with van der Waals surface area (Å²) in [4.78, 5) is 14.2. The molecule has 0 radical (unpaired) electrons. The van der Waals surface area contributed by atoms with Crippen LogP contribution in [-0.2, 0) is 4.79 Å². The highest BCUT2D eigenvalue weighted by Crippen LogP contribution is 2.25. The largest absolute Gasteiger partial charge is 0.336 e. The SMILES string of the molecule is CC(C)N1CCC2=C/C=C\C=C/C=C\2C1=O. The van der Waals surface area contributed by atoms with Gasteiger partial charge >= 0.3 is 0 Å². The summed E-state index contributed by atoms with van der Waals surface area (Å²) in [6.45, 7) is 4.95. The molecule has 2 rings (SSSR count). The van der Waals surface area contributed by atoms with Crippen molar-refractivity contribution in [2.75, 3.05) is 6.54 Å². The first kappa shape index (κ1) is 10.9. The molecule has 1 saturated heterocycles. The molecule has 2 heteroatoms. The van der Waals surface area contributed by atoms with Crippen molar-refractivity contribution >= 4 is 5.91 Å². The summed E-state index contributed by atoms with van der Waals surface area (Å²) in [6.07, 6.45) is 12.8. The van der Waals surface area contributed by atoms with E-state index in [0.717, 1.165) is 24.1 Å². The van der Waals surface area contributed by atoms with E-state index in [1.807, 2.05) is 41.4 Å². The summed E-state index contributed by atoms with van der Waals surface area (Å²) >= 11 is 0. The predicted octanol–water partition coefficient (Wildman–Crippen LogP) is 2.61. The van der Waals surface area contributed by atoms with E-state index in [2.05, 4.69) is 13.8 Å². The second kappa shape index (κ2) is 4.52. The van der Waals surface area contributed by atoms with Gasteiger partial charge in [-0.15, -0.1) is 0 Å². The van der Waals surface area contributed by atoms with Crippen molar-refractivity contribution in [2.24, 2.45) is 0 Å². The first-order valence-corrected chi connectivity index (χ1v) is 5.75. The fourth-order valence-electron chi connectivity index (χ4n) is 2.07. The topological polar surface area (TPSA) is 20.3 Å². The molecule has 1 amide bonds. The molecule has 0 aromatic heterocycles. The van der Waals surface area contributed by atoms with Gasteiger partial charge in [-0.2, -0.15) is 0 Å². The van der Waals surface area contributed by atoms with Crippen molar-refractivity contribution in [2.45, 2.75) is 26.3 Å². The van der Waals surface area contributed by atoms with E-state index in [0.29, 0.717) is 0 Å². The van der Waals surface area contributed by atoms with Crippen LogP contribution in [0, 0.1) is 0 Å². The number of carbonyl (C=O) groups excluding carboxylic acids is 1. The van der Waals surface area contributed by atoms with Crippen LogP contribution in [0.15, 0.2) is 47.6 Å². The van der Waals surface area contributed by atoms with Crippen LogP contribution < -0.4 is 0 Å². The van der Waals surface area contributed by atoms with Crippen molar-refractivity contribution in [3.05, 3.63) is 47.6 Å². The van der Waals surface area contributed by atoms with E-state index in [1.165, 1.54) is 0 Å². The van der Waals surface area contributed by atoms with Gasteiger partial charge in [-0.05, 0) is 31.9 Å². The highest BCUT2D eigenvalue weighted by Gasteiger charge is 2.27. The van der Waals surface area contributed by atoms with Gasteiger partial charge in [0.15, 0.2) is 0 Å². The minimum atomic E-state index is 0.160. The minimum Gasteiger partial charge on any atom is -0.336 e. The normalized spacial score (nSPS) is 30.7. The third-order valence-corrected chi connectivity index (χ3v) is 2.98. The van der Waals surface area contributed by atoms with Crippen LogP contribution in [0.4, 0.5) is 0 Å². The summed E-state index contributed by atoms with van der Waals surface area (Å²) in [5, 5.41) is 0. The van der Waals surface area contributed by atoms with Crippen molar-refractivity contribution in [1.29, 1.82) is 0 Å². The Morgan fingerprint density at radius 3 is 2.50 bits per heavy atom. The van der Waals surface area contributed by atoms with E-state index in [1.54, 1.807) is 0 Å². The van der Waals surface area contributed by atoms with Gasteiger partial charge in [0.25, 0.3) is 5.91 Å². The van der Waals surface area contributed by atoms with Crippen LogP contribution >= 0.6 is 0 Å². The van der Waals surface area contributed by atoms with E-state index in [4.69, 9.17) is 0 Å². The lowest BCUT2D eigenvalue weighted by Gasteiger charge is -2.33. The van der Waals surface area contributed by atoms with Crippen molar-refractivity contribution in [1.82, 2.24) is 4.90 Å². The Bertz CT molecular complexity index is 410. The van der Waals surface area contributed by atoms with Gasteiger partial charge in [0.2, 0.25) is 0 Å². The Balaban J connectivity index is 2.33. The molecule has 0 spiro atoms. The fourth-order valence-corrected chi connectivity index (χ4v) is 2.07. The van der Waals surface area contributed by atoms with Gasteiger partial charge < -0.3 is 4.90 Å². The molecule has 1 aliphatic heterocycles. The number of hydrogen-bond acceptors (Lipinski definition) is 1. The van der Waals surface area contributed by atoms with E-state index in [9.17, 15) is 4.79 Å². The summed E-state index contributed by atoms with van der Waals surface area (Å²) in [5.41, 5.74) is 2.00. The van der Waals surface area contributed by atoms with E-state index in [-0.39, 0.29) is 11.9 Å². The molecule has 0 aromatic rings. The monoisotopic (exact) mass is 215 g/mol. The molecule has 16 heavy (non-hydrogen) atoms. The number of fused-ring (bicyclic) bond motifs is 1. The molecule has 2 nitrogen and oxygen atoms in total. The minimum absolute atomic E-state index is 0.160. The zero-order chi connectivity index (χ0) is 11.5. The lowest BCUT2D eigenvalue weighted by atomic mass is 9.94. The first-order chi connectivity index (χ1) is 7.70. The molecule has 84 valence electrons. The molecular weight excluding hydrogens is 198 g/mol. The maximum Gasteiger partial charge on any atom is 0.254 e. The molecule has 1 heterocycles. The van der Waals surface area contributed by atoms with Crippen LogP contribution in [-0.4, -0.2) is 23.4 Å². The fraction of sp³-hybridized carbons (Fsp3) is 0.357. The smallest absolute Gasteiger partial charge is 0.254 e. The molecule has 1 fully saturated rings. The molecule has 0 bridgehead atoms. The van der Waals surface area contributed by atoms with E-state index >= 15 is 0 Å². The highest BCUT2D eigenvalue weighted by atomic mass is 16.2. The van der Waals surface area contributed by atoms with Crippen LogP contribution in [0.5, 0.6) is 0 Å². The van der Waals surface area contributed by atoms with Crippen LogP contribution in [0.25, 0.3) is 0 Å². The summed E-state index contributed by atoms with van der Waals surface area (Å²) in [7, 11) is 0. The molecule has 0 atom stereocenters. The van der Waals surface area contributed by atoms with Crippen LogP contribution in [0.3, 0.4) is 0 Å². The zero-order valence-electron chi connectivity index (χ0n) is 9.81. The van der Waals surface area contributed by atoms with Crippen LogP contribution in [0.2, 0.25) is 0 Å². The Hall–Kier alpha value is -1.57. The number of piperidine rings is 1. The summed E-state index contributed by atoms with van der Waals surface area (Å²) < 4.78 is 0. The lowest BCUT2D eigenvalue weighted by Crippen LogP contribution is -2.42. The van der Waals surface area contributed by atoms with Gasteiger partial charge in [-0.1, -0.05) is 30.4 Å². The van der Waals surface area contributed by atoms with Gasteiger partial charge in [-0.3, -0.25) is 4.79 Å². The lowest BCUT2D eigenvalue weighted by molar-refractivity contribution is -0.129. The molecule has 2 aliphatic rings. The standard InChI is InChI=1S/C14H17NO/c1-11(2)15-10-9-12-7-5-3-4-6-8-13(12)14(15)16/h3-8,11H,9-10H2,1-2H3/b4-3?,5-3-,6-4-,7-5?,8-6?,12-7-,13-8+. The maximum absolute atomic E-state index is 12.2. The summed E-state index contributed by atoms with van der Waals surface area (Å²) in [5.74, 6) is 0.160. The average Bonchev–Trinajstić information content (AvgIpc) is 2.19. The Kier molecular flexibility index (Phi) is 3.09. The number of hydrogen-bond donors (Lipinski definition) is 0. The quantitative estimate of drug-likeness (QED) is 0.658. The highest BCUT2D eigenvalue weighted by molar-refractivity contribution is 5.99. The summed E-state index contributed by atoms with van der Waals surface area (Å²) in [6, 6.07) is 0.278. The molecule has 0 N–H and O–H groups in total. The number of amides is 1. The van der Waals surface area contributed by atoms with Crippen molar-refractivity contribution in [3.63, 3.8) is 0 Å². The Morgan fingerprint density at radius 1 is 1.12 bits per heavy atom. The van der Waals surface area contributed by atoms with Gasteiger partial charge in [0.05, 0.1) is 0 Å². The Labute approximate surface area is 96.6 Å². The number of rotatable bonds is 1. The number of likely N-dealkylation sites (tertiary alicyclic amines) is 1. The van der Waals surface area contributed by atoms with Crippen LogP contribution in [0.1, 0.15) is 20.3 Å². The zero-order valence-corrected chi connectivity index (χ0v) is 9.81. The molecule has 0 saturated carbocycles. The second-order valence-electron chi connectivity index (χ2n) is 4.38. The van der Waals surface area contributed by atoms with E-state index < -0.39 is 0 Å². The Morgan fingerprint density at radius 2 is 1.81 bits per heavy atom. The van der Waals surface area contributed by atoms with Gasteiger partial charge in [-0.25, -0.2) is 0 Å². The molecule has 0 aromatic carbocycles. The average molecular weight is 215 g/mol.